The minimum atomic E-state index is -0.274. The predicted molar refractivity (Wildman–Crippen MR) is 82.5 cm³/mol. The number of nitrogens with zero attached hydrogens (tertiary/aromatic N) is 3. The van der Waals surface area contributed by atoms with E-state index in [-0.39, 0.29) is 12.4 Å². The molecule has 0 amide bonds. The van der Waals surface area contributed by atoms with Crippen LogP contribution in [0.15, 0.2) is 35.0 Å². The molecule has 2 aromatic heterocycles. The molecule has 1 N–H and O–H groups in total. The van der Waals surface area contributed by atoms with Crippen molar-refractivity contribution in [3.05, 3.63) is 41.2 Å². The molecule has 0 saturated heterocycles. The number of hydrogen-bond donors (Lipinski definition) is 1. The van der Waals surface area contributed by atoms with Crippen LogP contribution >= 0.6 is 11.3 Å². The van der Waals surface area contributed by atoms with Crippen molar-refractivity contribution in [1.82, 2.24) is 9.97 Å². The van der Waals surface area contributed by atoms with E-state index in [4.69, 9.17) is 4.74 Å². The molecule has 7 heteroatoms. The zero-order valence-electron chi connectivity index (χ0n) is 11.9. The lowest BCUT2D eigenvalue weighted by Gasteiger charge is -2.00. The molecular weight excluding hydrogens is 288 g/mol. The van der Waals surface area contributed by atoms with Crippen LogP contribution in [0, 0.1) is 0 Å². The summed E-state index contributed by atoms with van der Waals surface area (Å²) in [6.07, 6.45) is 3.64. The standard InChI is InChI=1S/C14H16N4O2S/c1-3-20-13(19)7-12-9-21-14(16-12)18-17-10(2)11-5-4-6-15-8-11/h4-6,8-9H,3,7H2,1-2H3,(H,16,18)/b17-10+. The Morgan fingerprint density at radius 3 is 3.10 bits per heavy atom. The first kappa shape index (κ1) is 15.1. The first-order valence-corrected chi connectivity index (χ1v) is 7.37. The molecule has 2 heterocycles. The van der Waals surface area contributed by atoms with Crippen LogP contribution in [0.25, 0.3) is 0 Å². The van der Waals surface area contributed by atoms with Crippen LogP contribution in [-0.4, -0.2) is 28.3 Å². The molecule has 0 aliphatic rings. The Morgan fingerprint density at radius 1 is 1.52 bits per heavy atom. The Hall–Kier alpha value is -2.28. The van der Waals surface area contributed by atoms with Gasteiger partial charge in [-0.25, -0.2) is 4.98 Å². The van der Waals surface area contributed by atoms with E-state index >= 15 is 0 Å². The molecule has 0 aliphatic heterocycles. The van der Waals surface area contributed by atoms with Crippen molar-refractivity contribution in [1.29, 1.82) is 0 Å². The van der Waals surface area contributed by atoms with Crippen LogP contribution in [-0.2, 0) is 16.0 Å². The summed E-state index contributed by atoms with van der Waals surface area (Å²) in [7, 11) is 0. The number of nitrogens with one attached hydrogen (secondary N) is 1. The van der Waals surface area contributed by atoms with Gasteiger partial charge in [0.2, 0.25) is 5.13 Å². The van der Waals surface area contributed by atoms with Gasteiger partial charge in [-0.3, -0.25) is 15.2 Å². The van der Waals surface area contributed by atoms with Gasteiger partial charge in [-0.05, 0) is 19.9 Å². The molecule has 0 bridgehead atoms. The van der Waals surface area contributed by atoms with Gasteiger partial charge < -0.3 is 4.74 Å². The van der Waals surface area contributed by atoms with Crippen molar-refractivity contribution in [2.24, 2.45) is 5.10 Å². The van der Waals surface area contributed by atoms with E-state index in [1.807, 2.05) is 24.4 Å². The maximum Gasteiger partial charge on any atom is 0.311 e. The molecular formula is C14H16N4O2S. The van der Waals surface area contributed by atoms with Crippen LogP contribution in [0.1, 0.15) is 25.1 Å². The number of pyridine rings is 1. The van der Waals surface area contributed by atoms with E-state index in [9.17, 15) is 4.79 Å². The van der Waals surface area contributed by atoms with Crippen molar-refractivity contribution in [2.45, 2.75) is 20.3 Å². The molecule has 2 rings (SSSR count). The molecule has 0 saturated carbocycles. The van der Waals surface area contributed by atoms with E-state index < -0.39 is 0 Å². The van der Waals surface area contributed by atoms with E-state index in [1.54, 1.807) is 19.3 Å². The summed E-state index contributed by atoms with van der Waals surface area (Å²) in [6.45, 7) is 4.04. The lowest BCUT2D eigenvalue weighted by Crippen LogP contribution is -2.07. The second kappa shape index (κ2) is 7.49. The van der Waals surface area contributed by atoms with Gasteiger partial charge in [-0.1, -0.05) is 6.07 Å². The topological polar surface area (TPSA) is 76.5 Å². The smallest absolute Gasteiger partial charge is 0.311 e. The number of rotatable bonds is 6. The Bertz CT molecular complexity index is 625. The van der Waals surface area contributed by atoms with E-state index in [1.165, 1.54) is 11.3 Å². The van der Waals surface area contributed by atoms with Crippen molar-refractivity contribution in [3.63, 3.8) is 0 Å². The summed E-state index contributed by atoms with van der Waals surface area (Å²) in [4.78, 5) is 19.7. The molecule has 0 fully saturated rings. The molecule has 0 radical (unpaired) electrons. The highest BCUT2D eigenvalue weighted by molar-refractivity contribution is 7.13. The van der Waals surface area contributed by atoms with Crippen molar-refractivity contribution < 1.29 is 9.53 Å². The second-order valence-electron chi connectivity index (χ2n) is 4.18. The largest absolute Gasteiger partial charge is 0.466 e. The fourth-order valence-electron chi connectivity index (χ4n) is 1.57. The van der Waals surface area contributed by atoms with Crippen molar-refractivity contribution in [3.8, 4) is 0 Å². The maximum absolute atomic E-state index is 11.4. The number of anilines is 1. The quantitative estimate of drug-likeness (QED) is 0.504. The third kappa shape index (κ3) is 4.64. The van der Waals surface area contributed by atoms with Gasteiger partial charge in [0.15, 0.2) is 0 Å². The predicted octanol–water partition coefficient (Wildman–Crippen LogP) is 2.48. The van der Waals surface area contributed by atoms with Gasteiger partial charge in [0.05, 0.1) is 24.4 Å². The van der Waals surface area contributed by atoms with E-state index in [0.29, 0.717) is 17.4 Å². The fourth-order valence-corrected chi connectivity index (χ4v) is 2.22. The molecule has 0 aromatic carbocycles. The van der Waals surface area contributed by atoms with E-state index in [2.05, 4.69) is 20.5 Å². The lowest BCUT2D eigenvalue weighted by molar-refractivity contribution is -0.142. The van der Waals surface area contributed by atoms with Gasteiger partial charge in [0.1, 0.15) is 0 Å². The van der Waals surface area contributed by atoms with E-state index in [0.717, 1.165) is 11.3 Å². The number of hydrazone groups is 1. The average molecular weight is 304 g/mol. The highest BCUT2D eigenvalue weighted by Crippen LogP contribution is 2.16. The van der Waals surface area contributed by atoms with Crippen LogP contribution in [0.2, 0.25) is 0 Å². The van der Waals surface area contributed by atoms with Crippen molar-refractivity contribution in [2.75, 3.05) is 12.0 Å². The highest BCUT2D eigenvalue weighted by Gasteiger charge is 2.08. The summed E-state index contributed by atoms with van der Waals surface area (Å²) in [5, 5.41) is 6.70. The monoisotopic (exact) mass is 304 g/mol. The summed E-state index contributed by atoms with van der Waals surface area (Å²) in [5.74, 6) is -0.274. The SMILES string of the molecule is CCOC(=O)Cc1csc(N/N=C(\C)c2cccnc2)n1. The Balaban J connectivity index is 1.95. The summed E-state index contributed by atoms with van der Waals surface area (Å²) >= 11 is 1.39. The number of hydrogen-bond acceptors (Lipinski definition) is 7. The Kier molecular flexibility index (Phi) is 5.39. The first-order valence-electron chi connectivity index (χ1n) is 6.49. The third-order valence-corrected chi connectivity index (χ3v) is 3.38. The van der Waals surface area contributed by atoms with Gasteiger partial charge in [-0.15, -0.1) is 11.3 Å². The van der Waals surface area contributed by atoms with Crippen LogP contribution in [0.5, 0.6) is 0 Å². The summed E-state index contributed by atoms with van der Waals surface area (Å²) in [6, 6.07) is 3.79. The van der Waals surface area contributed by atoms with Crippen LogP contribution in [0.4, 0.5) is 5.13 Å². The van der Waals surface area contributed by atoms with Crippen molar-refractivity contribution >= 4 is 28.1 Å². The minimum absolute atomic E-state index is 0.178. The third-order valence-electron chi connectivity index (χ3n) is 2.58. The summed E-state index contributed by atoms with van der Waals surface area (Å²) in [5.41, 5.74) is 5.31. The number of thiazole rings is 1. The minimum Gasteiger partial charge on any atom is -0.466 e. The normalized spacial score (nSPS) is 11.2. The van der Waals surface area contributed by atoms with Gasteiger partial charge in [0, 0.05) is 23.3 Å². The molecule has 0 atom stereocenters. The lowest BCUT2D eigenvalue weighted by atomic mass is 10.2. The van der Waals surface area contributed by atoms with Gasteiger partial charge in [-0.2, -0.15) is 5.10 Å². The first-order chi connectivity index (χ1) is 10.2. The van der Waals surface area contributed by atoms with Crippen LogP contribution < -0.4 is 5.43 Å². The Labute approximate surface area is 126 Å². The molecule has 0 unspecified atom stereocenters. The zero-order chi connectivity index (χ0) is 15.1. The second-order valence-corrected chi connectivity index (χ2v) is 5.03. The number of carbonyl (C=O) groups is 1. The number of carbonyl (C=O) groups excluding carboxylic acids is 1. The maximum atomic E-state index is 11.4. The molecule has 0 aliphatic carbocycles. The highest BCUT2D eigenvalue weighted by atomic mass is 32.1. The average Bonchev–Trinajstić information content (AvgIpc) is 2.93. The number of esters is 1. The molecule has 0 spiro atoms. The molecule has 21 heavy (non-hydrogen) atoms. The van der Waals surface area contributed by atoms with Crippen LogP contribution in [0.3, 0.4) is 0 Å². The molecule has 110 valence electrons. The summed E-state index contributed by atoms with van der Waals surface area (Å²) < 4.78 is 4.88. The zero-order valence-corrected chi connectivity index (χ0v) is 12.7. The Morgan fingerprint density at radius 2 is 2.38 bits per heavy atom. The number of ether oxygens (including phenoxy) is 1. The molecule has 2 aromatic rings. The fraction of sp³-hybridized carbons (Fsp3) is 0.286. The van der Waals surface area contributed by atoms with Gasteiger partial charge >= 0.3 is 5.97 Å². The van der Waals surface area contributed by atoms with Gasteiger partial charge in [0.25, 0.3) is 0 Å². The number of aromatic nitrogens is 2. The molecule has 6 nitrogen and oxygen atoms in total.